The van der Waals surface area contributed by atoms with Crippen LogP contribution < -0.4 is 5.32 Å². The topological polar surface area (TPSA) is 51.5 Å². The molecule has 0 spiro atoms. The molecule has 6 heteroatoms. The minimum atomic E-state index is 0.358. The molecule has 0 bridgehead atoms. The largest absolute Gasteiger partial charge is 0.383 e. The third kappa shape index (κ3) is 4.47. The molecule has 1 N–H and O–H groups in total. The Balaban J connectivity index is 1.87. The summed E-state index contributed by atoms with van der Waals surface area (Å²) < 4.78 is 12.6. The van der Waals surface area contributed by atoms with Gasteiger partial charge < -0.3 is 19.4 Å². The van der Waals surface area contributed by atoms with Crippen LogP contribution in [0.3, 0.4) is 0 Å². The number of imidazole rings is 1. The van der Waals surface area contributed by atoms with Gasteiger partial charge in [-0.05, 0) is 13.8 Å². The molecule has 1 aliphatic rings. The number of rotatable bonds is 7. The van der Waals surface area contributed by atoms with Gasteiger partial charge >= 0.3 is 0 Å². The van der Waals surface area contributed by atoms with Crippen molar-refractivity contribution in [3.63, 3.8) is 0 Å². The lowest BCUT2D eigenvalue weighted by atomic mass is 10.3. The van der Waals surface area contributed by atoms with E-state index in [1.807, 2.05) is 6.92 Å². The number of ether oxygens (including phenoxy) is 2. The fraction of sp³-hybridized carbons (Fsp3) is 0.786. The lowest BCUT2D eigenvalue weighted by Gasteiger charge is -2.29. The third-order valence-corrected chi connectivity index (χ3v) is 3.44. The summed E-state index contributed by atoms with van der Waals surface area (Å²) in [5.74, 6) is 0.931. The summed E-state index contributed by atoms with van der Waals surface area (Å²) in [4.78, 5) is 6.98. The van der Waals surface area contributed by atoms with Crippen LogP contribution in [0.5, 0.6) is 0 Å². The number of aromatic nitrogens is 2. The molecular formula is C14H26N4O2. The van der Waals surface area contributed by atoms with Crippen molar-refractivity contribution in [2.24, 2.45) is 0 Å². The van der Waals surface area contributed by atoms with Crippen LogP contribution in [-0.2, 0) is 16.0 Å². The molecule has 1 fully saturated rings. The molecule has 0 aromatic carbocycles. The summed E-state index contributed by atoms with van der Waals surface area (Å²) in [6.07, 6.45) is 2.06. The maximum absolute atomic E-state index is 5.37. The first-order chi connectivity index (χ1) is 9.69. The molecule has 2 rings (SSSR count). The average molecular weight is 282 g/mol. The van der Waals surface area contributed by atoms with Gasteiger partial charge in [-0.15, -0.1) is 0 Å². The maximum atomic E-state index is 5.37. The van der Waals surface area contributed by atoms with Crippen molar-refractivity contribution in [1.29, 1.82) is 0 Å². The van der Waals surface area contributed by atoms with Crippen LogP contribution in [0.1, 0.15) is 12.6 Å². The van der Waals surface area contributed by atoms with E-state index >= 15 is 0 Å². The summed E-state index contributed by atoms with van der Waals surface area (Å²) in [6, 6.07) is 0.358. The number of methoxy groups -OCH3 is 1. The van der Waals surface area contributed by atoms with Gasteiger partial charge in [0.25, 0.3) is 0 Å². The number of aryl methyl sites for hydroxylation is 1. The fourth-order valence-corrected chi connectivity index (χ4v) is 2.46. The summed E-state index contributed by atoms with van der Waals surface area (Å²) in [6.45, 7) is 10.5. The van der Waals surface area contributed by atoms with E-state index in [1.54, 1.807) is 7.11 Å². The molecule has 6 nitrogen and oxygen atoms in total. The van der Waals surface area contributed by atoms with E-state index in [1.165, 1.54) is 0 Å². The Morgan fingerprint density at radius 1 is 1.45 bits per heavy atom. The smallest absolute Gasteiger partial charge is 0.203 e. The highest BCUT2D eigenvalue weighted by Crippen LogP contribution is 2.10. The fourth-order valence-electron chi connectivity index (χ4n) is 2.46. The van der Waals surface area contributed by atoms with E-state index in [-0.39, 0.29) is 0 Å². The molecule has 1 aromatic heterocycles. The summed E-state index contributed by atoms with van der Waals surface area (Å²) in [7, 11) is 1.72. The number of morpholine rings is 1. The minimum absolute atomic E-state index is 0.358. The molecule has 1 aromatic rings. The van der Waals surface area contributed by atoms with Crippen molar-refractivity contribution in [1.82, 2.24) is 14.5 Å². The second-order valence-corrected chi connectivity index (χ2v) is 5.35. The zero-order chi connectivity index (χ0) is 14.4. The van der Waals surface area contributed by atoms with Gasteiger partial charge in [-0.1, -0.05) is 0 Å². The van der Waals surface area contributed by atoms with E-state index in [0.717, 1.165) is 51.0 Å². The van der Waals surface area contributed by atoms with Crippen LogP contribution in [0.4, 0.5) is 5.95 Å². The standard InChI is InChI=1S/C14H26N4O2/c1-12(10-17-4-8-20-9-5-17)15-14-16-13(2)11-18(14)6-7-19-3/h11-12H,4-10H2,1-3H3,(H,15,16). The maximum Gasteiger partial charge on any atom is 0.203 e. The molecule has 2 heterocycles. The van der Waals surface area contributed by atoms with E-state index in [2.05, 4.69) is 32.9 Å². The first-order valence-electron chi connectivity index (χ1n) is 7.28. The Kier molecular flexibility index (Phi) is 5.82. The van der Waals surface area contributed by atoms with Gasteiger partial charge in [-0.25, -0.2) is 4.98 Å². The van der Waals surface area contributed by atoms with Crippen molar-refractivity contribution >= 4 is 5.95 Å². The van der Waals surface area contributed by atoms with Gasteiger partial charge in [0.2, 0.25) is 5.95 Å². The molecule has 1 atom stereocenters. The molecule has 114 valence electrons. The van der Waals surface area contributed by atoms with Crippen molar-refractivity contribution in [2.75, 3.05) is 51.9 Å². The Morgan fingerprint density at radius 3 is 2.90 bits per heavy atom. The summed E-state index contributed by atoms with van der Waals surface area (Å²) in [5.41, 5.74) is 1.03. The van der Waals surface area contributed by atoms with Crippen molar-refractivity contribution in [3.05, 3.63) is 11.9 Å². The quantitative estimate of drug-likeness (QED) is 0.807. The van der Waals surface area contributed by atoms with E-state index in [0.29, 0.717) is 12.6 Å². The number of hydrogen-bond acceptors (Lipinski definition) is 5. The molecule has 20 heavy (non-hydrogen) atoms. The second kappa shape index (κ2) is 7.61. The Morgan fingerprint density at radius 2 is 2.20 bits per heavy atom. The van der Waals surface area contributed by atoms with Crippen LogP contribution in [0.15, 0.2) is 6.20 Å². The Bertz CT molecular complexity index is 402. The molecule has 0 saturated carbocycles. The minimum Gasteiger partial charge on any atom is -0.383 e. The molecule has 1 unspecified atom stereocenters. The molecule has 0 radical (unpaired) electrons. The van der Waals surface area contributed by atoms with Crippen LogP contribution in [-0.4, -0.2) is 67.1 Å². The predicted molar refractivity (Wildman–Crippen MR) is 79.2 cm³/mol. The third-order valence-electron chi connectivity index (χ3n) is 3.44. The van der Waals surface area contributed by atoms with Crippen LogP contribution >= 0.6 is 0 Å². The van der Waals surface area contributed by atoms with Crippen LogP contribution in [0, 0.1) is 6.92 Å². The van der Waals surface area contributed by atoms with Gasteiger partial charge in [0.05, 0.1) is 25.5 Å². The number of anilines is 1. The predicted octanol–water partition coefficient (Wildman–Crippen LogP) is 0.971. The van der Waals surface area contributed by atoms with Crippen molar-refractivity contribution in [3.8, 4) is 0 Å². The number of nitrogens with one attached hydrogen (secondary N) is 1. The van der Waals surface area contributed by atoms with Gasteiger partial charge in [0.1, 0.15) is 0 Å². The van der Waals surface area contributed by atoms with Crippen molar-refractivity contribution < 1.29 is 9.47 Å². The van der Waals surface area contributed by atoms with Crippen LogP contribution in [0.25, 0.3) is 0 Å². The van der Waals surface area contributed by atoms with Gasteiger partial charge in [0, 0.05) is 45.5 Å². The molecular weight excluding hydrogens is 256 g/mol. The molecule has 0 aliphatic carbocycles. The zero-order valence-electron chi connectivity index (χ0n) is 12.8. The van der Waals surface area contributed by atoms with E-state index in [4.69, 9.17) is 9.47 Å². The van der Waals surface area contributed by atoms with E-state index < -0.39 is 0 Å². The highest BCUT2D eigenvalue weighted by Gasteiger charge is 2.15. The first kappa shape index (κ1) is 15.3. The van der Waals surface area contributed by atoms with Crippen molar-refractivity contribution in [2.45, 2.75) is 26.4 Å². The van der Waals surface area contributed by atoms with Gasteiger partial charge in [-0.3, -0.25) is 4.90 Å². The van der Waals surface area contributed by atoms with Gasteiger partial charge in [0.15, 0.2) is 0 Å². The summed E-state index contributed by atoms with van der Waals surface area (Å²) in [5, 5.41) is 3.50. The molecule has 0 amide bonds. The Labute approximate surface area is 121 Å². The normalized spacial score (nSPS) is 18.1. The highest BCUT2D eigenvalue weighted by atomic mass is 16.5. The Hall–Kier alpha value is -1.11. The monoisotopic (exact) mass is 282 g/mol. The lowest BCUT2D eigenvalue weighted by molar-refractivity contribution is 0.0367. The molecule has 1 aliphatic heterocycles. The lowest BCUT2D eigenvalue weighted by Crippen LogP contribution is -2.42. The molecule has 1 saturated heterocycles. The second-order valence-electron chi connectivity index (χ2n) is 5.35. The zero-order valence-corrected chi connectivity index (χ0v) is 12.8. The summed E-state index contributed by atoms with van der Waals surface area (Å²) >= 11 is 0. The highest BCUT2D eigenvalue weighted by molar-refractivity contribution is 5.30. The number of nitrogens with zero attached hydrogens (tertiary/aromatic N) is 3. The SMILES string of the molecule is COCCn1cc(C)nc1NC(C)CN1CCOCC1. The van der Waals surface area contributed by atoms with Crippen LogP contribution in [0.2, 0.25) is 0 Å². The van der Waals surface area contributed by atoms with Gasteiger partial charge in [-0.2, -0.15) is 0 Å². The first-order valence-corrected chi connectivity index (χ1v) is 7.28. The average Bonchev–Trinajstić information content (AvgIpc) is 2.77. The number of hydrogen-bond donors (Lipinski definition) is 1. The van der Waals surface area contributed by atoms with E-state index in [9.17, 15) is 0 Å².